The van der Waals surface area contributed by atoms with Crippen LogP contribution >= 0.6 is 0 Å². The zero-order valence-corrected chi connectivity index (χ0v) is 12.2. The summed E-state index contributed by atoms with van der Waals surface area (Å²) < 4.78 is 5.38. The van der Waals surface area contributed by atoms with Crippen molar-refractivity contribution in [2.24, 2.45) is 0 Å². The molecule has 3 nitrogen and oxygen atoms in total. The van der Waals surface area contributed by atoms with Gasteiger partial charge in [0.1, 0.15) is 5.75 Å². The summed E-state index contributed by atoms with van der Waals surface area (Å²) in [5.41, 5.74) is 3.79. The van der Waals surface area contributed by atoms with Gasteiger partial charge in [-0.05, 0) is 35.4 Å². The van der Waals surface area contributed by atoms with Gasteiger partial charge in [0.25, 0.3) is 0 Å². The molecule has 0 radical (unpaired) electrons. The molecule has 0 amide bonds. The van der Waals surface area contributed by atoms with Gasteiger partial charge in [0.2, 0.25) is 0 Å². The molecule has 0 fully saturated rings. The predicted octanol–water partition coefficient (Wildman–Crippen LogP) is 3.06. The summed E-state index contributed by atoms with van der Waals surface area (Å²) in [5, 5.41) is 3.62. The lowest BCUT2D eigenvalue weighted by molar-refractivity contribution is 0.389. The van der Waals surface area contributed by atoms with Crippen molar-refractivity contribution < 1.29 is 4.74 Å². The van der Waals surface area contributed by atoms with E-state index in [0.717, 1.165) is 18.0 Å². The molecule has 0 saturated heterocycles. The Bertz CT molecular complexity index is 608. The monoisotopic (exact) mass is 268 g/mol. The average molecular weight is 268 g/mol. The van der Waals surface area contributed by atoms with Gasteiger partial charge in [-0.3, -0.25) is 4.98 Å². The van der Waals surface area contributed by atoms with Gasteiger partial charge in [0, 0.05) is 18.2 Å². The number of nitrogens with zero attached hydrogens (tertiary/aromatic N) is 1. The number of pyridine rings is 1. The van der Waals surface area contributed by atoms with Crippen LogP contribution in [0, 0.1) is 0 Å². The van der Waals surface area contributed by atoms with E-state index in [-0.39, 0.29) is 11.5 Å². The lowest BCUT2D eigenvalue weighted by atomic mass is 9.76. The van der Waals surface area contributed by atoms with Gasteiger partial charge < -0.3 is 10.1 Å². The third-order valence-corrected chi connectivity index (χ3v) is 4.03. The summed E-state index contributed by atoms with van der Waals surface area (Å²) >= 11 is 0. The Morgan fingerprint density at radius 2 is 2.10 bits per heavy atom. The van der Waals surface area contributed by atoms with Crippen molar-refractivity contribution in [3.63, 3.8) is 0 Å². The number of methoxy groups -OCH3 is 1. The van der Waals surface area contributed by atoms with Crippen LogP contribution in [0.15, 0.2) is 42.6 Å². The first-order valence-electron chi connectivity index (χ1n) is 6.94. The molecule has 3 heteroatoms. The van der Waals surface area contributed by atoms with Crippen LogP contribution in [0.5, 0.6) is 5.75 Å². The number of rotatable bonds is 2. The largest absolute Gasteiger partial charge is 0.497 e. The van der Waals surface area contributed by atoms with Gasteiger partial charge in [-0.1, -0.05) is 26.0 Å². The second-order valence-electron chi connectivity index (χ2n) is 5.91. The number of fused-ring (bicyclic) bond motifs is 1. The Labute approximate surface area is 120 Å². The molecule has 0 bridgehead atoms. The van der Waals surface area contributed by atoms with Gasteiger partial charge in [-0.25, -0.2) is 0 Å². The van der Waals surface area contributed by atoms with Crippen LogP contribution in [0.1, 0.15) is 36.7 Å². The van der Waals surface area contributed by atoms with Crippen molar-refractivity contribution in [3.05, 3.63) is 59.4 Å². The highest BCUT2D eigenvalue weighted by Gasteiger charge is 2.33. The lowest BCUT2D eigenvalue weighted by Gasteiger charge is -2.38. The van der Waals surface area contributed by atoms with Crippen molar-refractivity contribution in [1.82, 2.24) is 10.3 Å². The predicted molar refractivity (Wildman–Crippen MR) is 80.1 cm³/mol. The zero-order chi connectivity index (χ0) is 14.2. The summed E-state index contributed by atoms with van der Waals surface area (Å²) in [4.78, 5) is 4.50. The minimum Gasteiger partial charge on any atom is -0.497 e. The van der Waals surface area contributed by atoms with Crippen molar-refractivity contribution in [2.75, 3.05) is 13.7 Å². The van der Waals surface area contributed by atoms with Gasteiger partial charge in [-0.15, -0.1) is 0 Å². The number of nitrogens with one attached hydrogen (secondary N) is 1. The maximum atomic E-state index is 5.38. The molecule has 1 aromatic heterocycles. The average Bonchev–Trinajstić information content (AvgIpc) is 2.48. The maximum absolute atomic E-state index is 5.38. The fraction of sp³-hybridized carbons (Fsp3) is 0.353. The first kappa shape index (κ1) is 13.1. The minimum absolute atomic E-state index is 0.0924. The van der Waals surface area contributed by atoms with Crippen LogP contribution in [0.2, 0.25) is 0 Å². The first-order chi connectivity index (χ1) is 9.62. The normalized spacial score (nSPS) is 20.2. The highest BCUT2D eigenvalue weighted by molar-refractivity contribution is 5.46. The topological polar surface area (TPSA) is 34.1 Å². The van der Waals surface area contributed by atoms with Crippen molar-refractivity contribution in [1.29, 1.82) is 0 Å². The molecule has 1 aromatic carbocycles. The highest BCUT2D eigenvalue weighted by Crippen LogP contribution is 2.38. The number of benzene rings is 1. The highest BCUT2D eigenvalue weighted by atomic mass is 16.5. The molecule has 3 rings (SSSR count). The lowest BCUT2D eigenvalue weighted by Crippen LogP contribution is -2.42. The Hall–Kier alpha value is -1.87. The van der Waals surface area contributed by atoms with Crippen LogP contribution < -0.4 is 10.1 Å². The van der Waals surface area contributed by atoms with Crippen LogP contribution in [-0.4, -0.2) is 18.6 Å². The van der Waals surface area contributed by atoms with E-state index in [1.54, 1.807) is 7.11 Å². The molecule has 1 N–H and O–H groups in total. The Morgan fingerprint density at radius 1 is 1.25 bits per heavy atom. The maximum Gasteiger partial charge on any atom is 0.119 e. The van der Waals surface area contributed by atoms with E-state index in [1.807, 2.05) is 24.4 Å². The molecule has 20 heavy (non-hydrogen) atoms. The Kier molecular flexibility index (Phi) is 3.22. The van der Waals surface area contributed by atoms with Crippen molar-refractivity contribution in [3.8, 4) is 5.75 Å². The second-order valence-corrected chi connectivity index (χ2v) is 5.91. The molecule has 1 atom stereocenters. The smallest absolute Gasteiger partial charge is 0.119 e. The molecule has 1 unspecified atom stereocenters. The standard InChI is InChI=1S/C17H20N2O/c1-17(2)11-19-16(15-6-4-5-9-18-15)13-8-7-12(20-3)10-14(13)17/h4-10,16,19H,11H2,1-3H3. The van der Waals surface area contributed by atoms with Crippen LogP contribution in [0.3, 0.4) is 0 Å². The van der Waals surface area contributed by atoms with E-state index in [1.165, 1.54) is 11.1 Å². The van der Waals surface area contributed by atoms with Crippen LogP contribution in [0.4, 0.5) is 0 Å². The van der Waals surface area contributed by atoms with E-state index in [2.05, 4.69) is 42.3 Å². The Morgan fingerprint density at radius 3 is 2.80 bits per heavy atom. The molecular weight excluding hydrogens is 248 g/mol. The van der Waals surface area contributed by atoms with Crippen molar-refractivity contribution >= 4 is 0 Å². The van der Waals surface area contributed by atoms with Gasteiger partial charge in [-0.2, -0.15) is 0 Å². The van der Waals surface area contributed by atoms with E-state index < -0.39 is 0 Å². The number of aromatic nitrogens is 1. The SMILES string of the molecule is COc1ccc2c(c1)C(C)(C)CNC2c1ccccn1. The molecule has 1 aliphatic rings. The van der Waals surface area contributed by atoms with E-state index in [4.69, 9.17) is 4.74 Å². The molecule has 2 heterocycles. The fourth-order valence-electron chi connectivity index (χ4n) is 2.87. The molecular formula is C17H20N2O. The summed E-state index contributed by atoms with van der Waals surface area (Å²) in [6.45, 7) is 5.44. The summed E-state index contributed by atoms with van der Waals surface area (Å²) in [5.74, 6) is 0.915. The molecule has 0 spiro atoms. The molecule has 2 aromatic rings. The summed E-state index contributed by atoms with van der Waals surface area (Å²) in [7, 11) is 1.71. The van der Waals surface area contributed by atoms with E-state index in [0.29, 0.717) is 0 Å². The number of hydrogen-bond acceptors (Lipinski definition) is 3. The molecule has 0 saturated carbocycles. The third-order valence-electron chi connectivity index (χ3n) is 4.03. The summed E-state index contributed by atoms with van der Waals surface area (Å²) in [6, 6.07) is 12.6. The fourth-order valence-corrected chi connectivity index (χ4v) is 2.87. The molecule has 1 aliphatic heterocycles. The van der Waals surface area contributed by atoms with Crippen LogP contribution in [-0.2, 0) is 5.41 Å². The first-order valence-corrected chi connectivity index (χ1v) is 6.94. The Balaban J connectivity index is 2.11. The second kappa shape index (κ2) is 4.91. The minimum atomic E-state index is 0.0924. The zero-order valence-electron chi connectivity index (χ0n) is 12.2. The number of ether oxygens (including phenoxy) is 1. The van der Waals surface area contributed by atoms with Crippen LogP contribution in [0.25, 0.3) is 0 Å². The van der Waals surface area contributed by atoms with Gasteiger partial charge in [0.05, 0.1) is 18.8 Å². The van der Waals surface area contributed by atoms with E-state index >= 15 is 0 Å². The molecule has 0 aliphatic carbocycles. The quantitative estimate of drug-likeness (QED) is 0.909. The third kappa shape index (κ3) is 2.18. The van der Waals surface area contributed by atoms with E-state index in [9.17, 15) is 0 Å². The number of hydrogen-bond donors (Lipinski definition) is 1. The summed E-state index contributed by atoms with van der Waals surface area (Å²) in [6.07, 6.45) is 1.85. The van der Waals surface area contributed by atoms with Gasteiger partial charge in [0.15, 0.2) is 0 Å². The molecule has 104 valence electrons. The van der Waals surface area contributed by atoms with Gasteiger partial charge >= 0.3 is 0 Å². The van der Waals surface area contributed by atoms with Crippen molar-refractivity contribution in [2.45, 2.75) is 25.3 Å².